The Morgan fingerprint density at radius 1 is 1.12 bits per heavy atom. The van der Waals surface area contributed by atoms with Crippen molar-refractivity contribution >= 4 is 40.3 Å². The fourth-order valence-electron chi connectivity index (χ4n) is 3.51. The van der Waals surface area contributed by atoms with Crippen LogP contribution in [0.25, 0.3) is 6.08 Å². The van der Waals surface area contributed by atoms with Gasteiger partial charge in [-0.3, -0.25) is 9.69 Å². The molecule has 168 valence electrons. The molecule has 0 spiro atoms. The van der Waals surface area contributed by atoms with Crippen LogP contribution in [0.2, 0.25) is 0 Å². The molecule has 2 saturated heterocycles. The van der Waals surface area contributed by atoms with Gasteiger partial charge >= 0.3 is 0 Å². The molecule has 1 atom stereocenters. The Kier molecular flexibility index (Phi) is 7.68. The first kappa shape index (κ1) is 22.6. The number of para-hydroxylation sites is 2. The molecule has 2 fully saturated rings. The Hall–Kier alpha value is -2.55. The molecule has 8 heteroatoms. The van der Waals surface area contributed by atoms with Crippen LogP contribution < -0.4 is 14.2 Å². The van der Waals surface area contributed by atoms with Gasteiger partial charge in [0.1, 0.15) is 23.3 Å². The maximum absolute atomic E-state index is 12.8. The van der Waals surface area contributed by atoms with Gasteiger partial charge in [0.15, 0.2) is 11.5 Å². The van der Waals surface area contributed by atoms with E-state index in [2.05, 4.69) is 0 Å². The molecule has 2 aliphatic rings. The first-order valence-corrected chi connectivity index (χ1v) is 11.7. The van der Waals surface area contributed by atoms with E-state index < -0.39 is 0 Å². The summed E-state index contributed by atoms with van der Waals surface area (Å²) in [6.07, 6.45) is 3.96. The van der Waals surface area contributed by atoms with Crippen LogP contribution in [0.4, 0.5) is 0 Å². The summed E-state index contributed by atoms with van der Waals surface area (Å²) in [5.74, 6) is 2.06. The quantitative estimate of drug-likeness (QED) is 0.302. The number of thioether (sulfide) groups is 1. The lowest BCUT2D eigenvalue weighted by Gasteiger charge is -2.18. The van der Waals surface area contributed by atoms with Gasteiger partial charge in [-0.15, -0.1) is 0 Å². The number of rotatable bonds is 9. The van der Waals surface area contributed by atoms with E-state index in [1.807, 2.05) is 54.6 Å². The van der Waals surface area contributed by atoms with Crippen LogP contribution in [-0.4, -0.2) is 54.7 Å². The zero-order valence-electron chi connectivity index (χ0n) is 17.8. The highest BCUT2D eigenvalue weighted by atomic mass is 32.2. The highest BCUT2D eigenvalue weighted by Gasteiger charge is 2.34. The predicted octanol–water partition coefficient (Wildman–Crippen LogP) is 4.53. The predicted molar refractivity (Wildman–Crippen MR) is 129 cm³/mol. The Bertz CT molecular complexity index is 986. The third-order valence-corrected chi connectivity index (χ3v) is 6.52. The van der Waals surface area contributed by atoms with Crippen LogP contribution in [0.15, 0.2) is 53.4 Å². The van der Waals surface area contributed by atoms with Crippen molar-refractivity contribution < 1.29 is 23.7 Å². The zero-order chi connectivity index (χ0) is 22.3. The second-order valence-corrected chi connectivity index (χ2v) is 9.02. The van der Waals surface area contributed by atoms with Gasteiger partial charge in [-0.1, -0.05) is 48.2 Å². The van der Waals surface area contributed by atoms with E-state index in [4.69, 9.17) is 31.2 Å². The summed E-state index contributed by atoms with van der Waals surface area (Å²) in [5, 5.41) is 0. The molecule has 0 unspecified atom stereocenters. The topological polar surface area (TPSA) is 57.2 Å². The standard InChI is InChI=1S/C24H25NO5S2/c1-27-20-6-2-3-7-21(20)30-14-13-29-18-10-8-17(9-11-18)15-22-23(26)25(24(31)32-22)16-19-5-4-12-28-19/h2-3,6-11,15,19H,4-5,12-14,16H2,1H3/b22-15+/t19-/m1/s1. The van der Waals surface area contributed by atoms with E-state index in [-0.39, 0.29) is 12.0 Å². The monoisotopic (exact) mass is 471 g/mol. The fourth-order valence-corrected chi connectivity index (χ4v) is 4.79. The fraction of sp³-hybridized carbons (Fsp3) is 0.333. The van der Waals surface area contributed by atoms with Gasteiger partial charge in [0.25, 0.3) is 5.91 Å². The van der Waals surface area contributed by atoms with Crippen LogP contribution in [0.1, 0.15) is 18.4 Å². The summed E-state index contributed by atoms with van der Waals surface area (Å²) < 4.78 is 23.0. The second kappa shape index (κ2) is 10.8. The van der Waals surface area contributed by atoms with Crippen molar-refractivity contribution in [3.05, 3.63) is 59.0 Å². The van der Waals surface area contributed by atoms with Gasteiger partial charge in [0, 0.05) is 6.61 Å². The summed E-state index contributed by atoms with van der Waals surface area (Å²) in [4.78, 5) is 15.0. The number of thiocarbonyl (C=S) groups is 1. The Balaban J connectivity index is 1.28. The molecule has 0 saturated carbocycles. The van der Waals surface area contributed by atoms with Crippen LogP contribution >= 0.6 is 24.0 Å². The number of ether oxygens (including phenoxy) is 4. The number of benzene rings is 2. The number of amides is 1. The third kappa shape index (κ3) is 5.62. The number of hydrogen-bond acceptors (Lipinski definition) is 7. The van der Waals surface area contributed by atoms with E-state index in [1.165, 1.54) is 11.8 Å². The van der Waals surface area contributed by atoms with Gasteiger partial charge in [-0.05, 0) is 48.7 Å². The molecule has 6 nitrogen and oxygen atoms in total. The van der Waals surface area contributed by atoms with E-state index >= 15 is 0 Å². The van der Waals surface area contributed by atoms with Crippen molar-refractivity contribution in [3.8, 4) is 17.2 Å². The molecule has 0 radical (unpaired) electrons. The van der Waals surface area contributed by atoms with Crippen molar-refractivity contribution in [2.24, 2.45) is 0 Å². The Morgan fingerprint density at radius 3 is 2.59 bits per heavy atom. The number of carbonyl (C=O) groups is 1. The summed E-state index contributed by atoms with van der Waals surface area (Å²) >= 11 is 6.75. The SMILES string of the molecule is COc1ccccc1OCCOc1ccc(/C=C2/SC(=S)N(C[C@H]3CCCO3)C2=O)cc1. The van der Waals surface area contributed by atoms with Gasteiger partial charge in [-0.25, -0.2) is 0 Å². The molecule has 1 amide bonds. The minimum absolute atomic E-state index is 0.0516. The minimum atomic E-state index is -0.0516. The van der Waals surface area contributed by atoms with Gasteiger partial charge in [0.05, 0.1) is 24.7 Å². The molecule has 0 aliphatic carbocycles. The lowest BCUT2D eigenvalue weighted by atomic mass is 10.2. The van der Waals surface area contributed by atoms with Gasteiger partial charge in [0.2, 0.25) is 0 Å². The van der Waals surface area contributed by atoms with Crippen molar-refractivity contribution in [3.63, 3.8) is 0 Å². The van der Waals surface area contributed by atoms with Crippen LogP contribution in [0, 0.1) is 0 Å². The van der Waals surface area contributed by atoms with Crippen molar-refractivity contribution in [1.29, 1.82) is 0 Å². The number of carbonyl (C=O) groups excluding carboxylic acids is 1. The van der Waals surface area contributed by atoms with E-state index in [0.717, 1.165) is 30.8 Å². The van der Waals surface area contributed by atoms with Gasteiger partial charge < -0.3 is 18.9 Å². The summed E-state index contributed by atoms with van der Waals surface area (Å²) in [5.41, 5.74) is 0.917. The maximum Gasteiger partial charge on any atom is 0.266 e. The summed E-state index contributed by atoms with van der Waals surface area (Å²) in [7, 11) is 1.61. The average molecular weight is 472 g/mol. The van der Waals surface area contributed by atoms with Crippen LogP contribution in [-0.2, 0) is 9.53 Å². The normalized spacial score (nSPS) is 19.6. The molecule has 32 heavy (non-hydrogen) atoms. The van der Waals surface area contributed by atoms with E-state index in [0.29, 0.717) is 40.5 Å². The molecule has 2 aliphatic heterocycles. The lowest BCUT2D eigenvalue weighted by Crippen LogP contribution is -2.35. The minimum Gasteiger partial charge on any atom is -0.493 e. The summed E-state index contributed by atoms with van der Waals surface area (Å²) in [6.45, 7) is 2.09. The second-order valence-electron chi connectivity index (χ2n) is 7.34. The molecule has 2 aromatic rings. The Morgan fingerprint density at radius 2 is 1.88 bits per heavy atom. The average Bonchev–Trinajstić information content (AvgIpc) is 3.42. The molecule has 4 rings (SSSR count). The summed E-state index contributed by atoms with van der Waals surface area (Å²) in [6, 6.07) is 15.1. The number of hydrogen-bond donors (Lipinski definition) is 0. The highest BCUT2D eigenvalue weighted by Crippen LogP contribution is 2.33. The maximum atomic E-state index is 12.8. The molecular formula is C24H25NO5S2. The highest BCUT2D eigenvalue weighted by molar-refractivity contribution is 8.26. The third-order valence-electron chi connectivity index (χ3n) is 5.14. The molecule has 0 N–H and O–H groups in total. The van der Waals surface area contributed by atoms with E-state index in [9.17, 15) is 4.79 Å². The number of methoxy groups -OCH3 is 1. The molecule has 2 heterocycles. The molecule has 0 bridgehead atoms. The van der Waals surface area contributed by atoms with Crippen LogP contribution in [0.5, 0.6) is 17.2 Å². The van der Waals surface area contributed by atoms with Crippen molar-refractivity contribution in [1.82, 2.24) is 4.90 Å². The van der Waals surface area contributed by atoms with E-state index in [1.54, 1.807) is 12.0 Å². The van der Waals surface area contributed by atoms with Crippen molar-refractivity contribution in [2.75, 3.05) is 33.5 Å². The lowest BCUT2D eigenvalue weighted by molar-refractivity contribution is -0.123. The van der Waals surface area contributed by atoms with Gasteiger partial charge in [-0.2, -0.15) is 0 Å². The Labute approximate surface area is 197 Å². The molecule has 0 aromatic heterocycles. The first-order chi connectivity index (χ1) is 15.6. The van der Waals surface area contributed by atoms with Crippen LogP contribution in [0.3, 0.4) is 0 Å². The molecule has 2 aromatic carbocycles. The molecular weight excluding hydrogens is 446 g/mol. The van der Waals surface area contributed by atoms with Crippen molar-refractivity contribution in [2.45, 2.75) is 18.9 Å². The number of nitrogens with zero attached hydrogens (tertiary/aromatic N) is 1. The largest absolute Gasteiger partial charge is 0.493 e. The smallest absolute Gasteiger partial charge is 0.266 e. The zero-order valence-corrected chi connectivity index (χ0v) is 19.5. The first-order valence-electron chi connectivity index (χ1n) is 10.5.